The maximum atomic E-state index is 11.2. The zero-order valence-corrected chi connectivity index (χ0v) is 13.7. The summed E-state index contributed by atoms with van der Waals surface area (Å²) in [5.74, 6) is 5.98. The zero-order valence-electron chi connectivity index (χ0n) is 13.7. The van der Waals surface area contributed by atoms with E-state index >= 15 is 0 Å². The molecule has 0 radical (unpaired) electrons. The van der Waals surface area contributed by atoms with Crippen LogP contribution in [0.25, 0.3) is 0 Å². The molecule has 0 unspecified atom stereocenters. The van der Waals surface area contributed by atoms with E-state index < -0.39 is 5.54 Å². The number of nitroso groups, excluding NO2 is 1. The fourth-order valence-electron chi connectivity index (χ4n) is 2.91. The van der Waals surface area contributed by atoms with Gasteiger partial charge in [0.15, 0.2) is 5.75 Å². The minimum absolute atomic E-state index is 0.526. The molecule has 0 atom stereocenters. The van der Waals surface area contributed by atoms with Crippen LogP contribution in [0.2, 0.25) is 0 Å². The van der Waals surface area contributed by atoms with Crippen molar-refractivity contribution in [2.24, 2.45) is 11.1 Å². The monoisotopic (exact) mass is 306 g/mol. The number of hydrogen-bond donors (Lipinski definition) is 2. The first-order chi connectivity index (χ1) is 10.5. The molecule has 1 heterocycles. The summed E-state index contributed by atoms with van der Waals surface area (Å²) in [6.45, 7) is 9.54. The summed E-state index contributed by atoms with van der Waals surface area (Å²) in [6.07, 6.45) is 1.99. The van der Waals surface area contributed by atoms with Gasteiger partial charge in [0.1, 0.15) is 5.54 Å². The highest BCUT2D eigenvalue weighted by molar-refractivity contribution is 5.61. The van der Waals surface area contributed by atoms with E-state index in [1.165, 1.54) is 5.56 Å². The Balaban J connectivity index is 2.51. The van der Waals surface area contributed by atoms with Crippen molar-refractivity contribution in [2.45, 2.75) is 39.2 Å². The molecule has 0 saturated carbocycles. The van der Waals surface area contributed by atoms with Gasteiger partial charge >= 0.3 is 0 Å². The average molecular weight is 306 g/mol. The number of piperazine rings is 1. The minimum atomic E-state index is -0.862. The second-order valence-electron chi connectivity index (χ2n) is 6.23. The standard InChI is InChI=1S/C16H26N4O2/c1-4-5-12-10-13(16(2,3)19-21)15(22-17)11-14(12)20-8-6-18-7-9-20/h10-11,18H,4-9,17H2,1-3H3. The van der Waals surface area contributed by atoms with E-state index in [4.69, 9.17) is 10.7 Å². The molecule has 1 aromatic carbocycles. The Labute approximate surface area is 131 Å². The normalized spacial score (nSPS) is 15.7. The molecule has 0 amide bonds. The highest BCUT2D eigenvalue weighted by Crippen LogP contribution is 2.38. The van der Waals surface area contributed by atoms with Crippen molar-refractivity contribution in [1.82, 2.24) is 5.32 Å². The lowest BCUT2D eigenvalue weighted by Crippen LogP contribution is -2.44. The summed E-state index contributed by atoms with van der Waals surface area (Å²) >= 11 is 0. The first kappa shape index (κ1) is 16.7. The maximum absolute atomic E-state index is 11.2. The molecule has 1 aliphatic rings. The average Bonchev–Trinajstić information content (AvgIpc) is 2.55. The van der Waals surface area contributed by atoms with Crippen molar-refractivity contribution in [3.05, 3.63) is 28.2 Å². The number of nitrogens with two attached hydrogens (primary N) is 1. The van der Waals surface area contributed by atoms with E-state index in [2.05, 4.69) is 22.3 Å². The predicted molar refractivity (Wildman–Crippen MR) is 89.2 cm³/mol. The Hall–Kier alpha value is -1.66. The summed E-state index contributed by atoms with van der Waals surface area (Å²) in [6, 6.07) is 3.99. The minimum Gasteiger partial charge on any atom is -0.411 e. The fraction of sp³-hybridized carbons (Fsp3) is 0.625. The van der Waals surface area contributed by atoms with Crippen LogP contribution in [-0.2, 0) is 12.0 Å². The van der Waals surface area contributed by atoms with E-state index in [1.807, 2.05) is 12.1 Å². The van der Waals surface area contributed by atoms with E-state index in [0.29, 0.717) is 5.75 Å². The summed E-state index contributed by atoms with van der Waals surface area (Å²) in [7, 11) is 0. The third-order valence-electron chi connectivity index (χ3n) is 4.17. The topological polar surface area (TPSA) is 79.9 Å². The highest BCUT2D eigenvalue weighted by atomic mass is 16.6. The van der Waals surface area contributed by atoms with Gasteiger partial charge in [-0.15, -0.1) is 4.91 Å². The number of benzene rings is 1. The number of rotatable bonds is 6. The number of aryl methyl sites for hydroxylation is 1. The largest absolute Gasteiger partial charge is 0.411 e. The molecular formula is C16H26N4O2. The van der Waals surface area contributed by atoms with Gasteiger partial charge in [0.05, 0.1) is 0 Å². The molecule has 1 saturated heterocycles. The molecule has 1 aliphatic heterocycles. The Kier molecular flexibility index (Phi) is 5.37. The van der Waals surface area contributed by atoms with Crippen LogP contribution in [0.3, 0.4) is 0 Å². The van der Waals surface area contributed by atoms with Gasteiger partial charge in [-0.25, -0.2) is 0 Å². The number of nitrogens with zero attached hydrogens (tertiary/aromatic N) is 2. The van der Waals surface area contributed by atoms with E-state index in [-0.39, 0.29) is 0 Å². The van der Waals surface area contributed by atoms with Crippen LogP contribution in [0, 0.1) is 4.91 Å². The second-order valence-corrected chi connectivity index (χ2v) is 6.23. The quantitative estimate of drug-likeness (QED) is 0.623. The Morgan fingerprint density at radius 2 is 2.05 bits per heavy atom. The first-order valence-electron chi connectivity index (χ1n) is 7.87. The van der Waals surface area contributed by atoms with E-state index in [0.717, 1.165) is 50.3 Å². The fourth-order valence-corrected chi connectivity index (χ4v) is 2.91. The molecule has 0 spiro atoms. The van der Waals surface area contributed by atoms with Gasteiger partial charge in [-0.1, -0.05) is 18.5 Å². The lowest BCUT2D eigenvalue weighted by Gasteiger charge is -2.32. The van der Waals surface area contributed by atoms with Crippen LogP contribution < -0.4 is 21.0 Å². The third kappa shape index (κ3) is 3.39. The Morgan fingerprint density at radius 3 is 2.59 bits per heavy atom. The van der Waals surface area contributed by atoms with Crippen LogP contribution in [0.1, 0.15) is 38.3 Å². The molecule has 0 aliphatic carbocycles. The van der Waals surface area contributed by atoms with Crippen LogP contribution in [0.5, 0.6) is 5.75 Å². The van der Waals surface area contributed by atoms with Gasteiger partial charge in [-0.2, -0.15) is 5.90 Å². The zero-order chi connectivity index (χ0) is 16.2. The van der Waals surface area contributed by atoms with Crippen LogP contribution in [0.15, 0.2) is 17.3 Å². The molecular weight excluding hydrogens is 280 g/mol. The highest BCUT2D eigenvalue weighted by Gasteiger charge is 2.28. The molecule has 6 nitrogen and oxygen atoms in total. The van der Waals surface area contributed by atoms with Crippen molar-refractivity contribution < 1.29 is 4.84 Å². The van der Waals surface area contributed by atoms with E-state index in [1.54, 1.807) is 13.8 Å². The number of nitrogens with one attached hydrogen (secondary N) is 1. The lowest BCUT2D eigenvalue weighted by molar-refractivity contribution is 0.322. The third-order valence-corrected chi connectivity index (χ3v) is 4.17. The van der Waals surface area contributed by atoms with Crippen molar-refractivity contribution in [2.75, 3.05) is 31.1 Å². The van der Waals surface area contributed by atoms with Gasteiger partial charge in [0.2, 0.25) is 0 Å². The maximum Gasteiger partial charge on any atom is 0.154 e. The molecule has 6 heteroatoms. The molecule has 3 N–H and O–H groups in total. The SMILES string of the molecule is CCCc1cc(C(C)(C)N=O)c(ON)cc1N1CCNCC1. The summed E-state index contributed by atoms with van der Waals surface area (Å²) in [4.78, 5) is 18.6. The predicted octanol–water partition coefficient (Wildman–Crippen LogP) is 2.30. The Bertz CT molecular complexity index is 525. The summed E-state index contributed by atoms with van der Waals surface area (Å²) in [5, 5.41) is 6.59. The van der Waals surface area contributed by atoms with Crippen LogP contribution in [0.4, 0.5) is 5.69 Å². The van der Waals surface area contributed by atoms with Gasteiger partial charge < -0.3 is 15.1 Å². The van der Waals surface area contributed by atoms with Crippen molar-refractivity contribution in [1.29, 1.82) is 0 Å². The molecule has 0 bridgehead atoms. The van der Waals surface area contributed by atoms with Crippen molar-refractivity contribution in [3.63, 3.8) is 0 Å². The molecule has 22 heavy (non-hydrogen) atoms. The van der Waals surface area contributed by atoms with Crippen molar-refractivity contribution in [3.8, 4) is 5.75 Å². The summed E-state index contributed by atoms with van der Waals surface area (Å²) < 4.78 is 0. The smallest absolute Gasteiger partial charge is 0.154 e. The first-order valence-corrected chi connectivity index (χ1v) is 7.87. The van der Waals surface area contributed by atoms with Gasteiger partial charge in [-0.3, -0.25) is 0 Å². The Morgan fingerprint density at radius 1 is 1.36 bits per heavy atom. The second kappa shape index (κ2) is 7.07. The van der Waals surface area contributed by atoms with Crippen LogP contribution >= 0.6 is 0 Å². The van der Waals surface area contributed by atoms with Crippen LogP contribution in [-0.4, -0.2) is 26.2 Å². The van der Waals surface area contributed by atoms with E-state index in [9.17, 15) is 4.91 Å². The summed E-state index contributed by atoms with van der Waals surface area (Å²) in [5.41, 5.74) is 2.25. The van der Waals surface area contributed by atoms with Gasteiger partial charge in [-0.05, 0) is 31.9 Å². The van der Waals surface area contributed by atoms with Crippen molar-refractivity contribution >= 4 is 5.69 Å². The molecule has 1 aromatic rings. The number of hydrogen-bond acceptors (Lipinski definition) is 6. The lowest BCUT2D eigenvalue weighted by atomic mass is 9.90. The van der Waals surface area contributed by atoms with Gasteiger partial charge in [0.25, 0.3) is 0 Å². The molecule has 0 aromatic heterocycles. The van der Waals surface area contributed by atoms with Gasteiger partial charge in [0, 0.05) is 43.5 Å². The molecule has 2 rings (SSSR count). The molecule has 1 fully saturated rings. The number of anilines is 1. The molecule has 122 valence electrons.